The van der Waals surface area contributed by atoms with Crippen LogP contribution in [0.1, 0.15) is 232 Å². The fourth-order valence-electron chi connectivity index (χ4n) is 10.7. The van der Waals surface area contributed by atoms with Crippen LogP contribution in [0.2, 0.25) is 0 Å². The Morgan fingerprint density at radius 2 is 0.980 bits per heavy atom. The number of H-pyrrole nitrogens is 1. The first kappa shape index (κ1) is 91.4. The van der Waals surface area contributed by atoms with Crippen LogP contribution in [0, 0.1) is 11.8 Å². The van der Waals surface area contributed by atoms with Crippen LogP contribution in [-0.4, -0.2) is 214 Å². The van der Waals surface area contributed by atoms with Crippen LogP contribution in [0.25, 0.3) is 0 Å². The molecule has 574 valence electrons. The fourth-order valence-corrected chi connectivity index (χ4v) is 10.7. The number of ether oxygens (including phenoxy) is 4. The highest BCUT2D eigenvalue weighted by atomic mass is 16.5. The van der Waals surface area contributed by atoms with E-state index < -0.39 is 114 Å². The molecule has 1 aromatic heterocycles. The van der Waals surface area contributed by atoms with Crippen molar-refractivity contribution in [2.75, 3.05) is 65.9 Å². The van der Waals surface area contributed by atoms with Crippen LogP contribution < -0.4 is 31.9 Å². The molecule has 31 heteroatoms. The van der Waals surface area contributed by atoms with Crippen molar-refractivity contribution in [1.82, 2.24) is 41.9 Å². The molecule has 0 aromatic carbocycles. The number of nitrogens with one attached hydrogen (secondary N) is 7. The van der Waals surface area contributed by atoms with Crippen LogP contribution >= 0.6 is 0 Å². The highest BCUT2D eigenvalue weighted by Gasteiger charge is 2.33. The van der Waals surface area contributed by atoms with Gasteiger partial charge in [-0.05, 0) is 91.9 Å². The van der Waals surface area contributed by atoms with E-state index in [-0.39, 0.29) is 160 Å². The van der Waals surface area contributed by atoms with Gasteiger partial charge in [0.05, 0.1) is 56.9 Å². The Morgan fingerprint density at radius 1 is 0.475 bits per heavy atom. The molecule has 0 spiro atoms. The molecule has 6 amide bonds. The standard InChI is InChI=1S/C70H116N8O23/c1-49(79)65(50(2)80)77-66(91)51(26-33-58(83)70(3,4)78-61(86)35-28-53-45-71-48-74-53)22-19-20-36-72-62(87)46-101-43-41-99-39-37-73-63(88)47-100-42-40-98-38-21-23-54(81)29-31-56(68(94)95)76-60(85)34-27-52(67(92)93)44-55(82)30-32-57(69(96)97)75-59(84)24-17-15-13-11-9-7-5-6-8-10-12-14-16-18-25-64(89)90/h45,48-49,51-52,56-57,65,79H,5-44,46-47H2,1-4H3,(H,71,74)(H,72,87)(H,73,88)(H,75,84)(H,76,85)(H,77,91)(H,78,86)(H,89,90)(H,92,93)(H,94,95)(H,96,97)/t49-,51-,52-,56+,57+,65+/m1/s1. The zero-order chi connectivity index (χ0) is 75.2. The molecule has 0 aliphatic heterocycles. The Hall–Kier alpha value is -7.61. The van der Waals surface area contributed by atoms with Gasteiger partial charge in [0.25, 0.3) is 0 Å². The molecule has 0 fully saturated rings. The number of hydrogen-bond donors (Lipinski definition) is 12. The van der Waals surface area contributed by atoms with Crippen molar-refractivity contribution in [3.8, 4) is 0 Å². The largest absolute Gasteiger partial charge is 0.481 e. The molecule has 1 rings (SSSR count). The van der Waals surface area contributed by atoms with Gasteiger partial charge in [-0.15, -0.1) is 0 Å². The number of aromatic nitrogens is 2. The number of rotatable bonds is 67. The van der Waals surface area contributed by atoms with Crippen LogP contribution in [0.5, 0.6) is 0 Å². The molecule has 0 aliphatic rings. The molecule has 0 bridgehead atoms. The van der Waals surface area contributed by atoms with Gasteiger partial charge in [0.2, 0.25) is 35.4 Å². The second kappa shape index (κ2) is 56.0. The predicted molar refractivity (Wildman–Crippen MR) is 368 cm³/mol. The third kappa shape index (κ3) is 48.8. The summed E-state index contributed by atoms with van der Waals surface area (Å²) in [4.78, 5) is 180. The van der Waals surface area contributed by atoms with Crippen LogP contribution in [-0.2, 0) is 92.5 Å². The topological polar surface area (TPSA) is 478 Å². The summed E-state index contributed by atoms with van der Waals surface area (Å²) in [7, 11) is 0. The van der Waals surface area contributed by atoms with E-state index in [1.165, 1.54) is 33.0 Å². The Bertz CT molecular complexity index is 2660. The lowest BCUT2D eigenvalue weighted by atomic mass is 9.89. The van der Waals surface area contributed by atoms with Crippen LogP contribution in [0.3, 0.4) is 0 Å². The summed E-state index contributed by atoms with van der Waals surface area (Å²) >= 11 is 0. The van der Waals surface area contributed by atoms with Crippen molar-refractivity contribution in [3.63, 3.8) is 0 Å². The van der Waals surface area contributed by atoms with E-state index in [1.54, 1.807) is 20.0 Å². The first-order valence-electron chi connectivity index (χ1n) is 35.8. The van der Waals surface area contributed by atoms with E-state index in [2.05, 4.69) is 41.9 Å². The smallest absolute Gasteiger partial charge is 0.326 e. The van der Waals surface area contributed by atoms with Gasteiger partial charge in [-0.25, -0.2) is 14.6 Å². The van der Waals surface area contributed by atoms with Crippen molar-refractivity contribution in [3.05, 3.63) is 18.2 Å². The zero-order valence-electron chi connectivity index (χ0n) is 59.8. The van der Waals surface area contributed by atoms with E-state index in [0.717, 1.165) is 76.3 Å². The number of carbonyl (C=O) groups excluding carboxylic acids is 10. The number of aryl methyl sites for hydroxylation is 1. The summed E-state index contributed by atoms with van der Waals surface area (Å²) in [6, 6.07) is -3.94. The highest BCUT2D eigenvalue weighted by molar-refractivity contribution is 5.93. The maximum atomic E-state index is 13.3. The Kier molecular flexibility index (Phi) is 50.7. The van der Waals surface area contributed by atoms with Gasteiger partial charge in [-0.3, -0.25) is 57.5 Å². The van der Waals surface area contributed by atoms with Gasteiger partial charge < -0.3 is 81.4 Å². The average molecular weight is 1440 g/mol. The number of nitrogens with zero attached hydrogens (tertiary/aromatic N) is 1. The first-order chi connectivity index (χ1) is 48.1. The van der Waals surface area contributed by atoms with Gasteiger partial charge in [-0.2, -0.15) is 0 Å². The lowest BCUT2D eigenvalue weighted by Crippen LogP contribution is -2.50. The minimum Gasteiger partial charge on any atom is -0.481 e. The van der Waals surface area contributed by atoms with E-state index in [1.807, 2.05) is 0 Å². The number of aromatic amines is 1. The molecule has 12 N–H and O–H groups in total. The number of aliphatic carboxylic acids is 4. The lowest BCUT2D eigenvalue weighted by molar-refractivity contribution is -0.145. The van der Waals surface area contributed by atoms with Crippen molar-refractivity contribution >= 4 is 82.5 Å². The molecule has 1 heterocycles. The molecule has 1 aromatic rings. The van der Waals surface area contributed by atoms with E-state index >= 15 is 0 Å². The number of aliphatic hydroxyl groups is 1. The minimum absolute atomic E-state index is 0.0437. The Balaban J connectivity index is 2.22. The number of carboxylic acids is 4. The monoisotopic (exact) mass is 1440 g/mol. The van der Waals surface area contributed by atoms with Gasteiger partial charge in [-0.1, -0.05) is 83.5 Å². The molecule has 101 heavy (non-hydrogen) atoms. The number of aliphatic hydroxyl groups excluding tert-OH is 1. The summed E-state index contributed by atoms with van der Waals surface area (Å²) in [5.41, 5.74) is -0.438. The molecule has 0 saturated heterocycles. The quantitative estimate of drug-likeness (QED) is 0.0384. The van der Waals surface area contributed by atoms with Crippen LogP contribution in [0.15, 0.2) is 12.5 Å². The minimum atomic E-state index is -1.45. The highest BCUT2D eigenvalue weighted by Crippen LogP contribution is 2.21. The molecule has 0 aliphatic carbocycles. The van der Waals surface area contributed by atoms with Gasteiger partial charge in [0.1, 0.15) is 42.9 Å². The number of hydrogen-bond acceptors (Lipinski definition) is 20. The lowest BCUT2D eigenvalue weighted by Gasteiger charge is -2.27. The summed E-state index contributed by atoms with van der Waals surface area (Å²) in [6.45, 7) is 6.50. The summed E-state index contributed by atoms with van der Waals surface area (Å²) in [5, 5.41) is 63.4. The predicted octanol–water partition coefficient (Wildman–Crippen LogP) is 4.94. The number of carbonyl (C=O) groups is 14. The van der Waals surface area contributed by atoms with Crippen molar-refractivity contribution in [2.45, 2.75) is 263 Å². The SMILES string of the molecule is CC(=O)[C@@H](NC(=O)[C@H](CCCCNC(=O)COCCOCCNC(=O)COCCOCCCC(=O)CC[C@H](NC(=O)CC[C@H](CC(=O)CC[C@H](NC(=O)CCCCCCCCCCCCCCCCC(=O)O)C(=O)O)C(=O)O)C(=O)O)CCC(=O)C(C)(C)NC(=O)CCc1cnc[nH]1)[C@@H](C)O. The third-order valence-electron chi connectivity index (χ3n) is 16.7. The Labute approximate surface area is 592 Å². The molecular formula is C70H116N8O23. The van der Waals surface area contributed by atoms with Gasteiger partial charge >= 0.3 is 23.9 Å². The number of ketones is 4. The van der Waals surface area contributed by atoms with Gasteiger partial charge in [0, 0.05) is 95.3 Å². The molecule has 0 unspecified atom stereocenters. The van der Waals surface area contributed by atoms with Crippen molar-refractivity contribution in [1.29, 1.82) is 0 Å². The third-order valence-corrected chi connectivity index (χ3v) is 16.7. The molecule has 0 radical (unpaired) electrons. The molecule has 31 nitrogen and oxygen atoms in total. The number of Topliss-reactive ketones (excluding diaryl/α,β-unsaturated/α-hetero) is 4. The van der Waals surface area contributed by atoms with E-state index in [9.17, 15) is 87.5 Å². The maximum absolute atomic E-state index is 13.3. The van der Waals surface area contributed by atoms with Gasteiger partial charge in [0.15, 0.2) is 11.6 Å². The summed E-state index contributed by atoms with van der Waals surface area (Å²) in [5.74, 6) is -11.4. The normalized spacial score (nSPS) is 13.1. The second-order valence-electron chi connectivity index (χ2n) is 26.1. The molecule has 6 atom stereocenters. The Morgan fingerprint density at radius 3 is 1.50 bits per heavy atom. The number of unbranched alkanes of at least 4 members (excludes halogenated alkanes) is 14. The number of carboxylic acid groups (broad SMARTS) is 4. The van der Waals surface area contributed by atoms with E-state index in [4.69, 9.17) is 24.1 Å². The molecular weight excluding hydrogens is 1320 g/mol. The average Bonchev–Trinajstić information content (AvgIpc) is 1.49. The fraction of sp³-hybridized carbons (Fsp3) is 0.757. The second-order valence-corrected chi connectivity index (χ2v) is 26.1. The summed E-state index contributed by atoms with van der Waals surface area (Å²) in [6.07, 6.45) is 16.4. The number of amides is 6. The van der Waals surface area contributed by atoms with E-state index in [0.29, 0.717) is 38.5 Å². The maximum Gasteiger partial charge on any atom is 0.326 e. The molecule has 0 saturated carbocycles. The first-order valence-corrected chi connectivity index (χ1v) is 35.8. The summed E-state index contributed by atoms with van der Waals surface area (Å²) < 4.78 is 21.6. The van der Waals surface area contributed by atoms with Crippen LogP contribution in [0.4, 0.5) is 0 Å². The van der Waals surface area contributed by atoms with Crippen molar-refractivity contribution < 1.29 is 112 Å². The number of imidazole rings is 1. The zero-order valence-corrected chi connectivity index (χ0v) is 59.8. The van der Waals surface area contributed by atoms with Crippen molar-refractivity contribution in [2.24, 2.45) is 11.8 Å².